The van der Waals surface area contributed by atoms with Gasteiger partial charge in [-0.2, -0.15) is 4.98 Å². The average molecular weight is 223 g/mol. The Morgan fingerprint density at radius 3 is 2.88 bits per heavy atom. The molecule has 0 saturated carbocycles. The summed E-state index contributed by atoms with van der Waals surface area (Å²) in [5, 5.41) is 9.90. The molecule has 1 saturated heterocycles. The first-order valence-electron chi connectivity index (χ1n) is 5.30. The number of nitrogens with zero attached hydrogens (tertiary/aromatic N) is 2. The Kier molecular flexibility index (Phi) is 2.63. The van der Waals surface area contributed by atoms with Crippen molar-refractivity contribution in [1.82, 2.24) is 4.98 Å². The second-order valence-electron chi connectivity index (χ2n) is 4.43. The van der Waals surface area contributed by atoms with Gasteiger partial charge in [-0.25, -0.2) is 0 Å². The largest absolute Gasteiger partial charge is 0.481 e. The minimum atomic E-state index is -0.656. The zero-order chi connectivity index (χ0) is 11.8. The van der Waals surface area contributed by atoms with Gasteiger partial charge in [0.2, 0.25) is 5.88 Å². The molecule has 2 rings (SSSR count). The van der Waals surface area contributed by atoms with Crippen LogP contribution < -0.4 is 15.4 Å². The molecule has 2 heterocycles. The maximum atomic E-state index is 9.90. The molecule has 1 unspecified atom stereocenters. The average Bonchev–Trinajstić information content (AvgIpc) is 2.59. The predicted octanol–water partition coefficient (Wildman–Crippen LogP) is 0.633. The minimum Gasteiger partial charge on any atom is -0.481 e. The van der Waals surface area contributed by atoms with Crippen molar-refractivity contribution in [3.63, 3.8) is 0 Å². The lowest BCUT2D eigenvalue weighted by Crippen LogP contribution is -2.30. The lowest BCUT2D eigenvalue weighted by atomic mass is 10.1. The van der Waals surface area contributed by atoms with Crippen molar-refractivity contribution in [2.75, 3.05) is 30.8 Å². The van der Waals surface area contributed by atoms with E-state index in [1.807, 2.05) is 11.8 Å². The van der Waals surface area contributed by atoms with Crippen LogP contribution in [0.2, 0.25) is 0 Å². The van der Waals surface area contributed by atoms with Crippen LogP contribution in [0.4, 0.5) is 11.5 Å². The molecule has 0 bridgehead atoms. The van der Waals surface area contributed by atoms with Crippen LogP contribution in [0.1, 0.15) is 13.3 Å². The molecule has 5 nitrogen and oxygen atoms in total. The van der Waals surface area contributed by atoms with E-state index in [2.05, 4.69) is 4.98 Å². The van der Waals surface area contributed by atoms with E-state index in [-0.39, 0.29) is 0 Å². The van der Waals surface area contributed by atoms with Gasteiger partial charge < -0.3 is 20.5 Å². The van der Waals surface area contributed by atoms with E-state index in [1.165, 1.54) is 0 Å². The second kappa shape index (κ2) is 3.83. The zero-order valence-corrected chi connectivity index (χ0v) is 9.60. The minimum absolute atomic E-state index is 0.538. The summed E-state index contributed by atoms with van der Waals surface area (Å²) < 4.78 is 5.07. The number of aliphatic hydroxyl groups is 1. The Hall–Kier alpha value is -1.49. The first-order chi connectivity index (χ1) is 7.52. The van der Waals surface area contributed by atoms with Gasteiger partial charge in [0.05, 0.1) is 18.4 Å². The van der Waals surface area contributed by atoms with Crippen LogP contribution in [0, 0.1) is 0 Å². The summed E-state index contributed by atoms with van der Waals surface area (Å²) in [4.78, 5) is 6.29. The number of hydrogen-bond acceptors (Lipinski definition) is 5. The number of β-amino-alcohol motifs (C(OH)–C–C–N with tert-alkyl or cyclic N) is 1. The maximum absolute atomic E-state index is 9.90. The molecule has 1 fully saturated rings. The molecule has 1 aromatic heterocycles. The number of nitrogens with two attached hydrogens (primary N) is 1. The lowest BCUT2D eigenvalue weighted by molar-refractivity contribution is 0.0839. The molecule has 3 N–H and O–H groups in total. The van der Waals surface area contributed by atoms with E-state index in [9.17, 15) is 5.11 Å². The summed E-state index contributed by atoms with van der Waals surface area (Å²) >= 11 is 0. The van der Waals surface area contributed by atoms with Gasteiger partial charge >= 0.3 is 0 Å². The van der Waals surface area contributed by atoms with E-state index < -0.39 is 5.60 Å². The van der Waals surface area contributed by atoms with E-state index >= 15 is 0 Å². The summed E-state index contributed by atoms with van der Waals surface area (Å²) in [7, 11) is 1.57. The van der Waals surface area contributed by atoms with Crippen molar-refractivity contribution in [2.24, 2.45) is 0 Å². The molecule has 16 heavy (non-hydrogen) atoms. The Bertz CT molecular complexity index is 393. The van der Waals surface area contributed by atoms with Gasteiger partial charge in [-0.3, -0.25) is 0 Å². The van der Waals surface area contributed by atoms with Crippen molar-refractivity contribution in [1.29, 1.82) is 0 Å². The highest BCUT2D eigenvalue weighted by molar-refractivity contribution is 5.64. The molecule has 0 radical (unpaired) electrons. The highest BCUT2D eigenvalue weighted by Crippen LogP contribution is 2.30. The molecule has 0 aliphatic carbocycles. The molecular formula is C11H17N3O2. The predicted molar refractivity (Wildman–Crippen MR) is 62.7 cm³/mol. The molecule has 1 aromatic rings. The van der Waals surface area contributed by atoms with E-state index in [4.69, 9.17) is 10.5 Å². The van der Waals surface area contributed by atoms with Gasteiger partial charge in [-0.05, 0) is 19.4 Å². The Balaban J connectivity index is 2.27. The van der Waals surface area contributed by atoms with Crippen molar-refractivity contribution >= 4 is 11.5 Å². The maximum Gasteiger partial charge on any atom is 0.215 e. The fourth-order valence-corrected chi connectivity index (χ4v) is 1.93. The molecule has 1 aliphatic rings. The second-order valence-corrected chi connectivity index (χ2v) is 4.43. The van der Waals surface area contributed by atoms with Gasteiger partial charge in [-0.1, -0.05) is 0 Å². The standard InChI is InChI=1S/C11H17N3O2/c1-11(15)5-6-14(7-11)10-8(12)3-4-9(13-10)16-2/h3-4,15H,5-7,12H2,1-2H3. The third-order valence-corrected chi connectivity index (χ3v) is 2.84. The van der Waals surface area contributed by atoms with Crippen molar-refractivity contribution in [3.8, 4) is 5.88 Å². The number of anilines is 2. The van der Waals surface area contributed by atoms with Crippen LogP contribution in [0.15, 0.2) is 12.1 Å². The highest BCUT2D eigenvalue weighted by Gasteiger charge is 2.32. The van der Waals surface area contributed by atoms with Crippen LogP contribution in [0.5, 0.6) is 5.88 Å². The summed E-state index contributed by atoms with van der Waals surface area (Å²) in [6.07, 6.45) is 0.728. The number of ether oxygens (including phenoxy) is 1. The van der Waals surface area contributed by atoms with Crippen LogP contribution in [-0.2, 0) is 0 Å². The smallest absolute Gasteiger partial charge is 0.215 e. The fourth-order valence-electron chi connectivity index (χ4n) is 1.93. The summed E-state index contributed by atoms with van der Waals surface area (Å²) in [5.74, 6) is 1.23. The fraction of sp³-hybridized carbons (Fsp3) is 0.545. The summed E-state index contributed by atoms with van der Waals surface area (Å²) in [6, 6.07) is 3.50. The first-order valence-corrected chi connectivity index (χ1v) is 5.30. The zero-order valence-electron chi connectivity index (χ0n) is 9.60. The van der Waals surface area contributed by atoms with Crippen LogP contribution in [-0.4, -0.2) is 35.9 Å². The lowest BCUT2D eigenvalue weighted by Gasteiger charge is -2.21. The Labute approximate surface area is 94.8 Å². The third kappa shape index (κ3) is 2.04. The number of pyridine rings is 1. The topological polar surface area (TPSA) is 71.6 Å². The molecule has 0 spiro atoms. The van der Waals surface area contributed by atoms with Crippen molar-refractivity contribution in [2.45, 2.75) is 18.9 Å². The molecule has 1 atom stereocenters. The van der Waals surface area contributed by atoms with Gasteiger partial charge in [0.15, 0.2) is 5.82 Å². The number of nitrogen functional groups attached to an aromatic ring is 1. The number of hydrogen-bond donors (Lipinski definition) is 2. The van der Waals surface area contributed by atoms with E-state index in [1.54, 1.807) is 19.2 Å². The molecule has 88 valence electrons. The quantitative estimate of drug-likeness (QED) is 0.769. The van der Waals surface area contributed by atoms with Crippen LogP contribution >= 0.6 is 0 Å². The molecular weight excluding hydrogens is 206 g/mol. The van der Waals surface area contributed by atoms with E-state index in [0.717, 1.165) is 13.0 Å². The molecule has 0 amide bonds. The van der Waals surface area contributed by atoms with E-state index in [0.29, 0.717) is 23.9 Å². The molecule has 1 aliphatic heterocycles. The van der Waals surface area contributed by atoms with Gasteiger partial charge in [-0.15, -0.1) is 0 Å². The van der Waals surface area contributed by atoms with Gasteiger partial charge in [0, 0.05) is 19.2 Å². The summed E-state index contributed by atoms with van der Waals surface area (Å²) in [6.45, 7) is 3.14. The van der Waals surface area contributed by atoms with Crippen LogP contribution in [0.3, 0.4) is 0 Å². The van der Waals surface area contributed by atoms with Crippen LogP contribution in [0.25, 0.3) is 0 Å². The SMILES string of the molecule is COc1ccc(N)c(N2CCC(C)(O)C2)n1. The van der Waals surface area contributed by atoms with Crippen molar-refractivity contribution < 1.29 is 9.84 Å². The van der Waals surface area contributed by atoms with Gasteiger partial charge in [0.1, 0.15) is 0 Å². The summed E-state index contributed by atoms with van der Waals surface area (Å²) in [5.41, 5.74) is 5.83. The molecule has 5 heteroatoms. The number of aromatic nitrogens is 1. The monoisotopic (exact) mass is 223 g/mol. The number of methoxy groups -OCH3 is 1. The van der Waals surface area contributed by atoms with Gasteiger partial charge in [0.25, 0.3) is 0 Å². The normalized spacial score (nSPS) is 24.8. The first kappa shape index (κ1) is 11.0. The van der Waals surface area contributed by atoms with Crippen molar-refractivity contribution in [3.05, 3.63) is 12.1 Å². The molecule has 0 aromatic carbocycles. The Morgan fingerprint density at radius 1 is 1.56 bits per heavy atom. The third-order valence-electron chi connectivity index (χ3n) is 2.84. The Morgan fingerprint density at radius 2 is 2.31 bits per heavy atom. The number of rotatable bonds is 2. The highest BCUT2D eigenvalue weighted by atomic mass is 16.5.